The molecule has 0 amide bonds. The molecule has 0 N–H and O–H groups in total. The second-order valence-corrected chi connectivity index (χ2v) is 9.40. The van der Waals surface area contributed by atoms with Crippen molar-refractivity contribution in [1.29, 1.82) is 0 Å². The highest BCUT2D eigenvalue weighted by molar-refractivity contribution is 7.99. The van der Waals surface area contributed by atoms with Gasteiger partial charge in [-0.15, -0.1) is 6.58 Å². The van der Waals surface area contributed by atoms with Crippen molar-refractivity contribution in [3.63, 3.8) is 0 Å². The Morgan fingerprint density at radius 2 is 1.80 bits per heavy atom. The van der Waals surface area contributed by atoms with E-state index < -0.39 is 0 Å². The molecule has 1 saturated carbocycles. The minimum atomic E-state index is -0.0617. The largest absolute Gasteiger partial charge is 0.283 e. The van der Waals surface area contributed by atoms with E-state index in [0.29, 0.717) is 6.54 Å². The normalized spacial score (nSPS) is 16.3. The number of benzene rings is 2. The lowest BCUT2D eigenvalue weighted by Gasteiger charge is -2.36. The number of fused-ring (bicyclic) bond motifs is 4. The van der Waals surface area contributed by atoms with Crippen LogP contribution in [0, 0.1) is 0 Å². The molecule has 1 fully saturated rings. The molecule has 3 nitrogen and oxygen atoms in total. The maximum absolute atomic E-state index is 14.1. The van der Waals surface area contributed by atoms with Crippen LogP contribution in [0.2, 0.25) is 0 Å². The molecule has 0 radical (unpaired) electrons. The highest BCUT2D eigenvalue weighted by atomic mass is 32.2. The third-order valence-electron chi connectivity index (χ3n) is 6.54. The van der Waals surface area contributed by atoms with Crippen LogP contribution in [0.25, 0.3) is 11.3 Å². The Kier molecular flexibility index (Phi) is 5.11. The SMILES string of the molecule is C=CCSc1nc2c(c(=O)n1Cc1ccccc1)C1(CCCC1)Cc1ccccc1-2. The van der Waals surface area contributed by atoms with Crippen molar-refractivity contribution in [3.05, 3.63) is 94.3 Å². The van der Waals surface area contributed by atoms with Gasteiger partial charge in [0.05, 0.1) is 17.8 Å². The van der Waals surface area contributed by atoms with E-state index in [1.807, 2.05) is 28.8 Å². The van der Waals surface area contributed by atoms with Gasteiger partial charge in [-0.05, 0) is 30.4 Å². The minimum Gasteiger partial charge on any atom is -0.283 e. The van der Waals surface area contributed by atoms with Crippen LogP contribution in [0.3, 0.4) is 0 Å². The first kappa shape index (κ1) is 19.4. The van der Waals surface area contributed by atoms with E-state index in [9.17, 15) is 4.79 Å². The molecule has 1 heterocycles. The van der Waals surface area contributed by atoms with Crippen LogP contribution < -0.4 is 5.56 Å². The van der Waals surface area contributed by atoms with Gasteiger partial charge in [0.1, 0.15) is 0 Å². The van der Waals surface area contributed by atoms with Crippen LogP contribution in [0.1, 0.15) is 42.4 Å². The molecule has 4 heteroatoms. The van der Waals surface area contributed by atoms with Crippen molar-refractivity contribution < 1.29 is 0 Å². The monoisotopic (exact) mass is 414 g/mol. The fourth-order valence-electron chi connectivity index (χ4n) is 5.19. The zero-order chi connectivity index (χ0) is 20.6. The van der Waals surface area contributed by atoms with Crippen molar-refractivity contribution >= 4 is 11.8 Å². The summed E-state index contributed by atoms with van der Waals surface area (Å²) in [6.45, 7) is 4.41. The van der Waals surface area contributed by atoms with Crippen LogP contribution >= 0.6 is 11.8 Å². The van der Waals surface area contributed by atoms with Gasteiger partial charge in [0.2, 0.25) is 0 Å². The smallest absolute Gasteiger partial charge is 0.258 e. The van der Waals surface area contributed by atoms with E-state index in [2.05, 4.69) is 43.0 Å². The Morgan fingerprint density at radius 1 is 1.07 bits per heavy atom. The second kappa shape index (κ2) is 7.92. The number of hydrogen-bond acceptors (Lipinski definition) is 3. The Labute approximate surface area is 181 Å². The van der Waals surface area contributed by atoms with E-state index in [1.54, 1.807) is 11.8 Å². The van der Waals surface area contributed by atoms with Gasteiger partial charge in [0, 0.05) is 16.7 Å². The molecule has 0 bridgehead atoms. The van der Waals surface area contributed by atoms with Gasteiger partial charge >= 0.3 is 0 Å². The molecule has 0 aliphatic heterocycles. The van der Waals surface area contributed by atoms with Crippen molar-refractivity contribution in [1.82, 2.24) is 9.55 Å². The Hall–Kier alpha value is -2.59. The molecule has 1 spiro atoms. The highest BCUT2D eigenvalue weighted by Gasteiger charge is 2.44. The summed E-state index contributed by atoms with van der Waals surface area (Å²) < 4.78 is 1.90. The molecule has 1 aromatic heterocycles. The van der Waals surface area contributed by atoms with Crippen molar-refractivity contribution in [2.45, 2.75) is 49.2 Å². The maximum Gasteiger partial charge on any atom is 0.258 e. The molecule has 2 aliphatic rings. The summed E-state index contributed by atoms with van der Waals surface area (Å²) >= 11 is 1.59. The predicted octanol–water partition coefficient (Wildman–Crippen LogP) is 5.60. The molecule has 0 atom stereocenters. The third-order valence-corrected chi connectivity index (χ3v) is 7.51. The zero-order valence-electron chi connectivity index (χ0n) is 17.1. The van der Waals surface area contributed by atoms with Crippen molar-refractivity contribution in [2.24, 2.45) is 0 Å². The summed E-state index contributed by atoms with van der Waals surface area (Å²) in [5.74, 6) is 0.729. The van der Waals surface area contributed by atoms with Gasteiger partial charge in [-0.3, -0.25) is 9.36 Å². The molecule has 2 aromatic carbocycles. The summed E-state index contributed by atoms with van der Waals surface area (Å²) in [5, 5.41) is 0.785. The molecular weight excluding hydrogens is 388 g/mol. The van der Waals surface area contributed by atoms with E-state index in [1.165, 1.54) is 18.4 Å². The van der Waals surface area contributed by atoms with Gasteiger partial charge in [-0.2, -0.15) is 0 Å². The van der Waals surface area contributed by atoms with Gasteiger partial charge < -0.3 is 0 Å². The number of aromatic nitrogens is 2. The summed E-state index contributed by atoms with van der Waals surface area (Å²) in [5.41, 5.74) is 5.55. The average molecular weight is 415 g/mol. The lowest BCUT2D eigenvalue weighted by atomic mass is 9.68. The molecule has 152 valence electrons. The Morgan fingerprint density at radius 3 is 2.57 bits per heavy atom. The van der Waals surface area contributed by atoms with Gasteiger partial charge in [-0.1, -0.05) is 85.3 Å². The Balaban J connectivity index is 1.75. The molecule has 2 aliphatic carbocycles. The molecule has 0 unspecified atom stereocenters. The van der Waals surface area contributed by atoms with Crippen LogP contribution in [0.15, 0.2) is 77.2 Å². The van der Waals surface area contributed by atoms with Crippen molar-refractivity contribution in [3.8, 4) is 11.3 Å². The average Bonchev–Trinajstić information content (AvgIpc) is 3.23. The summed E-state index contributed by atoms with van der Waals surface area (Å²) in [4.78, 5) is 19.2. The predicted molar refractivity (Wildman–Crippen MR) is 124 cm³/mol. The first-order chi connectivity index (χ1) is 14.7. The maximum atomic E-state index is 14.1. The van der Waals surface area contributed by atoms with Gasteiger partial charge in [0.25, 0.3) is 5.56 Å². The van der Waals surface area contributed by atoms with Crippen LogP contribution in [-0.4, -0.2) is 15.3 Å². The van der Waals surface area contributed by atoms with E-state index >= 15 is 0 Å². The second-order valence-electron chi connectivity index (χ2n) is 8.42. The van der Waals surface area contributed by atoms with E-state index in [0.717, 1.165) is 52.6 Å². The molecule has 30 heavy (non-hydrogen) atoms. The van der Waals surface area contributed by atoms with E-state index in [-0.39, 0.29) is 11.0 Å². The number of rotatable bonds is 5. The first-order valence-electron chi connectivity index (χ1n) is 10.7. The third kappa shape index (κ3) is 3.24. The number of nitrogens with zero attached hydrogens (tertiary/aromatic N) is 2. The molecule has 3 aromatic rings. The summed E-state index contributed by atoms with van der Waals surface area (Å²) in [6.07, 6.45) is 7.36. The molecule has 5 rings (SSSR count). The van der Waals surface area contributed by atoms with Crippen LogP contribution in [0.5, 0.6) is 0 Å². The fraction of sp³-hybridized carbons (Fsp3) is 0.308. The standard InChI is InChI=1S/C26H26N2OS/c1-2-16-30-25-27-23-21-13-7-6-12-20(21)17-26(14-8-9-15-26)22(23)24(29)28(25)18-19-10-4-3-5-11-19/h2-7,10-13H,1,8-9,14-18H2. The first-order valence-corrected chi connectivity index (χ1v) is 11.7. The van der Waals surface area contributed by atoms with Crippen LogP contribution in [-0.2, 0) is 18.4 Å². The number of thioether (sulfide) groups is 1. The Bertz CT molecular complexity index is 1140. The molecule has 0 saturated heterocycles. The minimum absolute atomic E-state index is 0.0617. The highest BCUT2D eigenvalue weighted by Crippen LogP contribution is 2.49. The lowest BCUT2D eigenvalue weighted by molar-refractivity contribution is 0.417. The van der Waals surface area contributed by atoms with Crippen molar-refractivity contribution in [2.75, 3.05) is 5.75 Å². The lowest BCUT2D eigenvalue weighted by Crippen LogP contribution is -2.40. The quantitative estimate of drug-likeness (QED) is 0.309. The van der Waals surface area contributed by atoms with Gasteiger partial charge in [0.15, 0.2) is 5.16 Å². The van der Waals surface area contributed by atoms with E-state index in [4.69, 9.17) is 4.98 Å². The van der Waals surface area contributed by atoms with Crippen LogP contribution in [0.4, 0.5) is 0 Å². The van der Waals surface area contributed by atoms with Gasteiger partial charge in [-0.25, -0.2) is 4.98 Å². The zero-order valence-corrected chi connectivity index (χ0v) is 18.0. The summed E-state index contributed by atoms with van der Waals surface area (Å²) in [7, 11) is 0. The number of hydrogen-bond donors (Lipinski definition) is 0. The topological polar surface area (TPSA) is 34.9 Å². The molecular formula is C26H26N2OS. The summed E-state index contributed by atoms with van der Waals surface area (Å²) in [6, 6.07) is 18.7. The fourth-order valence-corrected chi connectivity index (χ4v) is 5.92.